The van der Waals surface area contributed by atoms with Crippen LogP contribution in [0.2, 0.25) is 0 Å². The smallest absolute Gasteiger partial charge is 0.00889 e. The molecule has 1 aromatic rings. The summed E-state index contributed by atoms with van der Waals surface area (Å²) >= 11 is 0. The molecule has 0 aromatic heterocycles. The fraction of sp³-hybridized carbons (Fsp3) is 0.636. The first-order valence-electron chi connectivity index (χ1n) is 8.55. The highest BCUT2D eigenvalue weighted by atomic mass is 14.3. The average Bonchev–Trinajstić information content (AvgIpc) is 2.35. The van der Waals surface area contributed by atoms with Crippen molar-refractivity contribution in [1.29, 1.82) is 0 Å². The number of rotatable bonds is 2. The Labute approximate surface area is 139 Å². The van der Waals surface area contributed by atoms with Gasteiger partial charge in [-0.15, -0.1) is 0 Å². The number of allylic oxidation sites excluding steroid dienone is 2. The monoisotopic (exact) mass is 300 g/mol. The van der Waals surface area contributed by atoms with Gasteiger partial charge in [0.1, 0.15) is 0 Å². The van der Waals surface area contributed by atoms with Crippen LogP contribution in [-0.2, 0) is 6.42 Å². The quantitative estimate of drug-likeness (QED) is 0.527. The first-order chi connectivity index (χ1) is 9.78. The molecule has 0 amide bonds. The van der Waals surface area contributed by atoms with E-state index in [2.05, 4.69) is 82.2 Å². The fourth-order valence-corrected chi connectivity index (χ4v) is 3.83. The van der Waals surface area contributed by atoms with Crippen molar-refractivity contribution in [3.8, 4) is 0 Å². The molecule has 0 heteroatoms. The molecule has 0 aliphatic heterocycles. The van der Waals surface area contributed by atoms with E-state index in [1.165, 1.54) is 33.4 Å². The Hall–Kier alpha value is -1.04. The summed E-state index contributed by atoms with van der Waals surface area (Å²) in [5.41, 5.74) is 10.8. The minimum Gasteiger partial charge on any atom is -0.0798 e. The van der Waals surface area contributed by atoms with Crippen molar-refractivity contribution in [1.82, 2.24) is 0 Å². The van der Waals surface area contributed by atoms with Crippen LogP contribution < -0.4 is 0 Å². The van der Waals surface area contributed by atoms with Crippen LogP contribution in [0.4, 0.5) is 0 Å². The lowest BCUT2D eigenvalue weighted by Gasteiger charge is -2.34. The van der Waals surface area contributed by atoms with Gasteiger partial charge in [0, 0.05) is 0 Å². The van der Waals surface area contributed by atoms with Crippen molar-refractivity contribution < 1.29 is 0 Å². The third kappa shape index (κ3) is 3.83. The van der Waals surface area contributed by atoms with E-state index in [9.17, 15) is 0 Å². The van der Waals surface area contributed by atoms with E-state index in [-0.39, 0.29) is 10.8 Å². The molecule has 0 radical (unpaired) electrons. The van der Waals surface area contributed by atoms with E-state index >= 15 is 0 Å². The van der Waals surface area contributed by atoms with Gasteiger partial charge in [0.25, 0.3) is 0 Å². The molecule has 0 aliphatic rings. The SMILES string of the molecule is Cc1c(C)c(C)c(CC=C(C(C)(C)C)C(C)(C)C)c(C)c1C. The van der Waals surface area contributed by atoms with Crippen LogP contribution in [0.3, 0.4) is 0 Å². The van der Waals surface area contributed by atoms with Crippen molar-refractivity contribution in [2.24, 2.45) is 10.8 Å². The van der Waals surface area contributed by atoms with E-state index in [1.54, 1.807) is 5.57 Å². The molecule has 124 valence electrons. The van der Waals surface area contributed by atoms with Crippen molar-refractivity contribution in [2.75, 3.05) is 0 Å². The van der Waals surface area contributed by atoms with Gasteiger partial charge in [0.05, 0.1) is 0 Å². The molecule has 0 saturated carbocycles. The molecule has 0 aliphatic carbocycles. The minimum absolute atomic E-state index is 0.217. The predicted molar refractivity (Wildman–Crippen MR) is 101 cm³/mol. The van der Waals surface area contributed by atoms with Gasteiger partial charge in [-0.25, -0.2) is 0 Å². The van der Waals surface area contributed by atoms with Gasteiger partial charge in [-0.2, -0.15) is 0 Å². The molecule has 0 nitrogen and oxygen atoms in total. The van der Waals surface area contributed by atoms with Gasteiger partial charge in [0.15, 0.2) is 0 Å². The van der Waals surface area contributed by atoms with Crippen LogP contribution in [0.25, 0.3) is 0 Å². The molecule has 0 bridgehead atoms. The summed E-state index contributed by atoms with van der Waals surface area (Å²) < 4.78 is 0. The lowest BCUT2D eigenvalue weighted by Crippen LogP contribution is -2.22. The summed E-state index contributed by atoms with van der Waals surface area (Å²) in [6.07, 6.45) is 3.53. The second-order valence-corrected chi connectivity index (χ2v) is 8.93. The highest BCUT2D eigenvalue weighted by molar-refractivity contribution is 5.50. The summed E-state index contributed by atoms with van der Waals surface area (Å²) in [7, 11) is 0. The van der Waals surface area contributed by atoms with Crippen molar-refractivity contribution >= 4 is 0 Å². The molecule has 1 aromatic carbocycles. The predicted octanol–water partition coefficient (Wildman–Crippen LogP) is 6.79. The molecule has 0 heterocycles. The summed E-state index contributed by atoms with van der Waals surface area (Å²) in [5.74, 6) is 0. The molecule has 1 rings (SSSR count). The third-order valence-corrected chi connectivity index (χ3v) is 5.28. The van der Waals surface area contributed by atoms with Crippen LogP contribution in [0, 0.1) is 45.4 Å². The molecule has 0 spiro atoms. The average molecular weight is 301 g/mol. The van der Waals surface area contributed by atoms with Crippen molar-refractivity contribution in [3.63, 3.8) is 0 Å². The van der Waals surface area contributed by atoms with Gasteiger partial charge < -0.3 is 0 Å². The summed E-state index contributed by atoms with van der Waals surface area (Å²) in [4.78, 5) is 0. The first-order valence-corrected chi connectivity index (χ1v) is 8.55. The third-order valence-electron chi connectivity index (χ3n) is 5.28. The van der Waals surface area contributed by atoms with Crippen LogP contribution in [0.1, 0.15) is 74.9 Å². The van der Waals surface area contributed by atoms with Gasteiger partial charge in [-0.1, -0.05) is 53.2 Å². The van der Waals surface area contributed by atoms with Crippen molar-refractivity contribution in [3.05, 3.63) is 45.0 Å². The van der Waals surface area contributed by atoms with E-state index in [0.717, 1.165) is 6.42 Å². The Morgan fingerprint density at radius 2 is 0.955 bits per heavy atom. The second kappa shape index (κ2) is 6.22. The maximum Gasteiger partial charge on any atom is -0.00889 e. The highest BCUT2D eigenvalue weighted by Gasteiger charge is 2.27. The standard InChI is InChI=1S/C22H36/c1-14-15(2)17(4)19(18(5)16(14)3)12-13-20(21(6,7)8)22(9,10)11/h13H,12H2,1-11H3. The van der Waals surface area contributed by atoms with E-state index in [4.69, 9.17) is 0 Å². The maximum atomic E-state index is 2.49. The lowest BCUT2D eigenvalue weighted by atomic mass is 9.71. The highest BCUT2D eigenvalue weighted by Crippen LogP contribution is 2.39. The Balaban J connectivity index is 3.40. The van der Waals surface area contributed by atoms with Crippen LogP contribution >= 0.6 is 0 Å². The zero-order valence-corrected chi connectivity index (χ0v) is 16.8. The lowest BCUT2D eigenvalue weighted by molar-refractivity contribution is 0.360. The second-order valence-electron chi connectivity index (χ2n) is 8.93. The minimum atomic E-state index is 0.217. The van der Waals surface area contributed by atoms with Crippen LogP contribution in [0.5, 0.6) is 0 Å². The Morgan fingerprint density at radius 3 is 1.27 bits per heavy atom. The molecule has 0 fully saturated rings. The molecular weight excluding hydrogens is 264 g/mol. The van der Waals surface area contributed by atoms with Gasteiger partial charge in [-0.3, -0.25) is 0 Å². The molecule has 22 heavy (non-hydrogen) atoms. The topological polar surface area (TPSA) is 0 Å². The molecular formula is C22H36. The van der Waals surface area contributed by atoms with Crippen molar-refractivity contribution in [2.45, 2.75) is 82.6 Å². The molecule has 0 saturated heterocycles. The summed E-state index contributed by atoms with van der Waals surface area (Å²) in [5, 5.41) is 0. The molecule has 0 atom stereocenters. The molecule has 0 N–H and O–H groups in total. The van der Waals surface area contributed by atoms with E-state index in [1.807, 2.05) is 0 Å². The Kier molecular flexibility index (Phi) is 5.38. The summed E-state index contributed by atoms with van der Waals surface area (Å²) in [6, 6.07) is 0. The maximum absolute atomic E-state index is 2.49. The molecule has 0 unspecified atom stereocenters. The Bertz CT molecular complexity index is 539. The van der Waals surface area contributed by atoms with E-state index < -0.39 is 0 Å². The number of hydrogen-bond donors (Lipinski definition) is 0. The largest absolute Gasteiger partial charge is 0.0798 e. The van der Waals surface area contributed by atoms with Gasteiger partial charge in [-0.05, 0) is 85.3 Å². The Morgan fingerprint density at radius 1 is 0.636 bits per heavy atom. The van der Waals surface area contributed by atoms with Crippen LogP contribution in [-0.4, -0.2) is 0 Å². The zero-order valence-electron chi connectivity index (χ0n) is 16.8. The fourth-order valence-electron chi connectivity index (χ4n) is 3.83. The zero-order chi connectivity index (χ0) is 17.5. The summed E-state index contributed by atoms with van der Waals surface area (Å²) in [6.45, 7) is 25.3. The van der Waals surface area contributed by atoms with E-state index in [0.29, 0.717) is 0 Å². The number of hydrogen-bond acceptors (Lipinski definition) is 0. The first kappa shape index (κ1) is 19.0. The normalized spacial score (nSPS) is 12.5. The van der Waals surface area contributed by atoms with Gasteiger partial charge in [0.2, 0.25) is 0 Å². The van der Waals surface area contributed by atoms with Crippen LogP contribution in [0.15, 0.2) is 11.6 Å². The van der Waals surface area contributed by atoms with Gasteiger partial charge >= 0.3 is 0 Å². The number of benzene rings is 1.